The van der Waals surface area contributed by atoms with Crippen molar-refractivity contribution in [2.45, 2.75) is 19.8 Å². The van der Waals surface area contributed by atoms with Crippen LogP contribution >= 0.6 is 23.2 Å². The predicted molar refractivity (Wildman–Crippen MR) is 106 cm³/mol. The average Bonchev–Trinajstić information content (AvgIpc) is 2.58. The van der Waals surface area contributed by atoms with Gasteiger partial charge in [-0.1, -0.05) is 49.2 Å². The topological polar surface area (TPSA) is 96.0 Å². The minimum atomic E-state index is -0.675. The Morgan fingerprint density at radius 2 is 1.85 bits per heavy atom. The van der Waals surface area contributed by atoms with Crippen molar-refractivity contribution in [1.29, 1.82) is 5.26 Å². The van der Waals surface area contributed by atoms with Crippen molar-refractivity contribution >= 4 is 46.6 Å². The Morgan fingerprint density at radius 1 is 1.22 bits per heavy atom. The number of carbonyl (C=O) groups excluding carboxylic acids is 1. The van der Waals surface area contributed by atoms with Gasteiger partial charge < -0.3 is 5.32 Å². The van der Waals surface area contributed by atoms with Crippen LogP contribution in [-0.2, 0) is 4.79 Å². The summed E-state index contributed by atoms with van der Waals surface area (Å²) in [6, 6.07) is 10.9. The molecular weight excluding hydrogens is 389 g/mol. The highest BCUT2D eigenvalue weighted by Crippen LogP contribution is 2.28. The van der Waals surface area contributed by atoms with E-state index < -0.39 is 10.8 Å². The van der Waals surface area contributed by atoms with E-state index in [-0.39, 0.29) is 17.2 Å². The van der Waals surface area contributed by atoms with E-state index >= 15 is 0 Å². The van der Waals surface area contributed by atoms with Gasteiger partial charge >= 0.3 is 0 Å². The number of carbonyl (C=O) groups is 1. The smallest absolute Gasteiger partial charge is 0.273 e. The van der Waals surface area contributed by atoms with Crippen LogP contribution in [0.2, 0.25) is 10.0 Å². The van der Waals surface area contributed by atoms with Gasteiger partial charge in [0, 0.05) is 27.4 Å². The third kappa shape index (κ3) is 5.30. The number of nitrogens with one attached hydrogen (secondary N) is 1. The maximum absolute atomic E-state index is 12.3. The lowest BCUT2D eigenvalue weighted by Gasteiger charge is -2.08. The van der Waals surface area contributed by atoms with Crippen LogP contribution in [0.5, 0.6) is 0 Å². The fourth-order valence-corrected chi connectivity index (χ4v) is 2.96. The van der Waals surface area contributed by atoms with Crippen LogP contribution < -0.4 is 5.32 Å². The maximum atomic E-state index is 12.3. The third-order valence-electron chi connectivity index (χ3n) is 3.67. The molecule has 0 saturated heterocycles. The lowest BCUT2D eigenvalue weighted by Crippen LogP contribution is -2.13. The first kappa shape index (κ1) is 20.4. The minimum Gasteiger partial charge on any atom is -0.321 e. The molecule has 0 saturated carbocycles. The van der Waals surface area contributed by atoms with Gasteiger partial charge in [-0.05, 0) is 35.8 Å². The van der Waals surface area contributed by atoms with E-state index in [4.69, 9.17) is 23.2 Å². The number of nitro benzene ring substituents is 1. The van der Waals surface area contributed by atoms with E-state index in [1.807, 2.05) is 13.8 Å². The molecule has 2 aromatic carbocycles. The number of nitrogens with zero attached hydrogens (tertiary/aromatic N) is 2. The second-order valence-electron chi connectivity index (χ2n) is 6.01. The molecule has 0 atom stereocenters. The number of nitriles is 1. The van der Waals surface area contributed by atoms with Gasteiger partial charge in [0.15, 0.2) is 0 Å². The average molecular weight is 404 g/mol. The Bertz CT molecular complexity index is 958. The maximum Gasteiger partial charge on any atom is 0.273 e. The summed E-state index contributed by atoms with van der Waals surface area (Å²) in [6.45, 7) is 3.70. The Kier molecular flexibility index (Phi) is 6.56. The lowest BCUT2D eigenvalue weighted by atomic mass is 9.98. The van der Waals surface area contributed by atoms with E-state index in [9.17, 15) is 20.2 Å². The largest absolute Gasteiger partial charge is 0.321 e. The van der Waals surface area contributed by atoms with Crippen molar-refractivity contribution in [1.82, 2.24) is 0 Å². The summed E-state index contributed by atoms with van der Waals surface area (Å²) in [5.41, 5.74) is 1.02. The van der Waals surface area contributed by atoms with Gasteiger partial charge in [0.2, 0.25) is 0 Å². The van der Waals surface area contributed by atoms with Gasteiger partial charge in [-0.25, -0.2) is 0 Å². The molecule has 0 aliphatic carbocycles. The van der Waals surface area contributed by atoms with Crippen LogP contribution in [0, 0.1) is 21.4 Å². The first-order valence-electron chi connectivity index (χ1n) is 7.89. The number of hydrogen-bond donors (Lipinski definition) is 1. The van der Waals surface area contributed by atoms with Gasteiger partial charge in [-0.3, -0.25) is 14.9 Å². The number of halogens is 2. The van der Waals surface area contributed by atoms with Crippen LogP contribution in [-0.4, -0.2) is 10.8 Å². The van der Waals surface area contributed by atoms with E-state index in [2.05, 4.69) is 5.32 Å². The van der Waals surface area contributed by atoms with Crippen molar-refractivity contribution in [2.24, 2.45) is 0 Å². The molecule has 0 radical (unpaired) electrons. The van der Waals surface area contributed by atoms with Gasteiger partial charge in [-0.15, -0.1) is 0 Å². The van der Waals surface area contributed by atoms with Crippen LogP contribution in [0.4, 0.5) is 11.4 Å². The zero-order valence-corrected chi connectivity index (χ0v) is 16.0. The second kappa shape index (κ2) is 8.67. The molecule has 138 valence electrons. The van der Waals surface area contributed by atoms with Gasteiger partial charge in [0.1, 0.15) is 11.6 Å². The zero-order valence-electron chi connectivity index (χ0n) is 14.5. The predicted octanol–water partition coefficient (Wildman–Crippen LogP) is 5.57. The molecule has 0 spiro atoms. The molecule has 8 heteroatoms. The van der Waals surface area contributed by atoms with Crippen molar-refractivity contribution in [3.63, 3.8) is 0 Å². The fourth-order valence-electron chi connectivity index (χ4n) is 2.44. The minimum absolute atomic E-state index is 0.0326. The fraction of sp³-hybridized carbons (Fsp3) is 0.158. The van der Waals surface area contributed by atoms with Crippen molar-refractivity contribution < 1.29 is 9.72 Å². The molecule has 1 amide bonds. The van der Waals surface area contributed by atoms with Crippen LogP contribution in [0.3, 0.4) is 0 Å². The third-order valence-corrected chi connectivity index (χ3v) is 4.11. The molecule has 2 rings (SSSR count). The second-order valence-corrected chi connectivity index (χ2v) is 6.88. The van der Waals surface area contributed by atoms with Crippen LogP contribution in [0.25, 0.3) is 6.08 Å². The first-order chi connectivity index (χ1) is 12.7. The Morgan fingerprint density at radius 3 is 2.37 bits per heavy atom. The molecule has 0 bridgehead atoms. The number of anilines is 1. The number of amides is 1. The van der Waals surface area contributed by atoms with Crippen molar-refractivity contribution in [3.05, 3.63) is 73.3 Å². The molecule has 2 aromatic rings. The Balaban J connectivity index is 2.35. The highest BCUT2D eigenvalue weighted by Gasteiger charge is 2.17. The quantitative estimate of drug-likeness (QED) is 0.305. The molecule has 1 N–H and O–H groups in total. The summed E-state index contributed by atoms with van der Waals surface area (Å²) in [6.07, 6.45) is 1.29. The molecule has 0 unspecified atom stereocenters. The SMILES string of the molecule is CC(C)c1ccc(/C=C(\C#N)C(=O)Nc2cc(Cl)cc(Cl)c2)cc1[N+](=O)[O-]. The Labute approximate surface area is 166 Å². The van der Waals surface area contributed by atoms with Crippen LogP contribution in [0.1, 0.15) is 30.9 Å². The summed E-state index contributed by atoms with van der Waals surface area (Å²) >= 11 is 11.8. The monoisotopic (exact) mass is 403 g/mol. The number of rotatable bonds is 5. The summed E-state index contributed by atoms with van der Waals surface area (Å²) in [5, 5.41) is 23.8. The van der Waals surface area contributed by atoms with Crippen LogP contribution in [0.15, 0.2) is 42.0 Å². The summed E-state index contributed by atoms with van der Waals surface area (Å²) in [5.74, 6) is -0.707. The van der Waals surface area contributed by atoms with Gasteiger partial charge in [-0.2, -0.15) is 5.26 Å². The summed E-state index contributed by atoms with van der Waals surface area (Å²) < 4.78 is 0. The standard InChI is InChI=1S/C19H15Cl2N3O3/c1-11(2)17-4-3-12(6-18(17)24(26)27)5-13(10-22)19(25)23-16-8-14(20)7-15(21)9-16/h3-9,11H,1-2H3,(H,23,25)/b13-5+. The highest BCUT2D eigenvalue weighted by atomic mass is 35.5. The zero-order chi connectivity index (χ0) is 20.1. The number of hydrogen-bond acceptors (Lipinski definition) is 4. The lowest BCUT2D eigenvalue weighted by molar-refractivity contribution is -0.385. The van der Waals surface area contributed by atoms with E-state index in [0.717, 1.165) is 0 Å². The molecule has 0 heterocycles. The van der Waals surface area contributed by atoms with Crippen molar-refractivity contribution in [2.75, 3.05) is 5.32 Å². The van der Waals surface area contributed by atoms with Gasteiger partial charge in [0.25, 0.3) is 11.6 Å². The first-order valence-corrected chi connectivity index (χ1v) is 8.64. The summed E-state index contributed by atoms with van der Waals surface area (Å²) in [7, 11) is 0. The molecule has 0 aliphatic rings. The Hall–Kier alpha value is -2.88. The molecule has 0 aliphatic heterocycles. The van der Waals surface area contributed by atoms with E-state index in [1.54, 1.807) is 18.2 Å². The number of nitro groups is 1. The highest BCUT2D eigenvalue weighted by molar-refractivity contribution is 6.35. The summed E-state index contributed by atoms with van der Waals surface area (Å²) in [4.78, 5) is 23.2. The normalized spacial score (nSPS) is 11.2. The molecular formula is C19H15Cl2N3O3. The molecule has 27 heavy (non-hydrogen) atoms. The van der Waals surface area contributed by atoms with Crippen molar-refractivity contribution in [3.8, 4) is 6.07 Å². The number of benzene rings is 2. The van der Waals surface area contributed by atoms with Gasteiger partial charge in [0.05, 0.1) is 4.92 Å². The molecule has 0 aromatic heterocycles. The molecule has 6 nitrogen and oxygen atoms in total. The van der Waals surface area contributed by atoms with E-state index in [0.29, 0.717) is 26.9 Å². The van der Waals surface area contributed by atoms with E-state index in [1.165, 1.54) is 30.3 Å². The molecule has 0 fully saturated rings.